The highest BCUT2D eigenvalue weighted by Gasteiger charge is 2.61. The number of nitriles is 1. The molecule has 3 heterocycles. The first kappa shape index (κ1) is 28.1. The van der Waals surface area contributed by atoms with Gasteiger partial charge in [-0.15, -0.1) is 0 Å². The highest BCUT2D eigenvalue weighted by molar-refractivity contribution is 6.30. The molecule has 5 rings (SSSR count). The number of amides is 3. The van der Waals surface area contributed by atoms with Gasteiger partial charge in [-0.25, -0.2) is 8.78 Å². The number of piperidine rings is 2. The number of anilines is 1. The van der Waals surface area contributed by atoms with E-state index in [1.54, 1.807) is 24.3 Å². The van der Waals surface area contributed by atoms with E-state index in [-0.39, 0.29) is 24.7 Å². The molecular weight excluding hydrogens is 516 g/mol. The average Bonchev–Trinajstić information content (AvgIpc) is 3.25. The maximum Gasteiger partial charge on any atom is 0.255 e. The van der Waals surface area contributed by atoms with Crippen LogP contribution in [-0.4, -0.2) is 59.3 Å². The number of hydrogen-bond acceptors (Lipinski definition) is 5. The Morgan fingerprint density at radius 3 is 2.66 bits per heavy atom. The maximum atomic E-state index is 15.1. The lowest BCUT2D eigenvalue weighted by Crippen LogP contribution is -2.70. The van der Waals surface area contributed by atoms with Crippen molar-refractivity contribution in [3.63, 3.8) is 0 Å². The van der Waals surface area contributed by atoms with Crippen molar-refractivity contribution < 1.29 is 23.2 Å². The molecule has 0 radical (unpaired) electrons. The van der Waals surface area contributed by atoms with Gasteiger partial charge in [0.1, 0.15) is 18.1 Å². The topological polar surface area (TPSA) is 114 Å². The molecule has 1 saturated carbocycles. The number of fused-ring (bicyclic) bond motifs is 3. The fourth-order valence-corrected chi connectivity index (χ4v) is 6.22. The van der Waals surface area contributed by atoms with Gasteiger partial charge in [0.05, 0.1) is 12.0 Å². The molecule has 6 atom stereocenters. The molecule has 2 bridgehead atoms. The zero-order valence-electron chi connectivity index (χ0n) is 21.6. The fraction of sp³-hybridized carbons (Fsp3) is 0.630. The summed E-state index contributed by atoms with van der Waals surface area (Å²) in [5.41, 5.74) is 0.615. The molecule has 4 fully saturated rings. The van der Waals surface area contributed by atoms with E-state index in [2.05, 4.69) is 16.0 Å². The van der Waals surface area contributed by atoms with Crippen LogP contribution in [0, 0.1) is 29.1 Å². The molecule has 1 aromatic carbocycles. The quantitative estimate of drug-likeness (QED) is 0.434. The van der Waals surface area contributed by atoms with Gasteiger partial charge in [-0.2, -0.15) is 5.26 Å². The highest BCUT2D eigenvalue weighted by Crippen LogP contribution is 2.49. The molecule has 0 aromatic heterocycles. The Labute approximate surface area is 226 Å². The highest BCUT2D eigenvalue weighted by atomic mass is 35.5. The zero-order valence-corrected chi connectivity index (χ0v) is 22.3. The largest absolute Gasteiger partial charge is 0.374 e. The number of rotatable bonds is 9. The molecule has 4 aliphatic rings. The van der Waals surface area contributed by atoms with Gasteiger partial charge in [0.2, 0.25) is 17.7 Å². The number of nitrogens with one attached hydrogen (secondary N) is 3. The van der Waals surface area contributed by atoms with Crippen molar-refractivity contribution in [1.29, 1.82) is 5.26 Å². The summed E-state index contributed by atoms with van der Waals surface area (Å²) in [6.07, 6.45) is 1.04. The molecule has 206 valence electrons. The Bertz CT molecular complexity index is 1110. The third kappa shape index (κ3) is 6.04. The summed E-state index contributed by atoms with van der Waals surface area (Å²) in [5.74, 6) is -6.18. The Kier molecular flexibility index (Phi) is 8.46. The van der Waals surface area contributed by atoms with Gasteiger partial charge in [0.15, 0.2) is 0 Å². The lowest BCUT2D eigenvalue weighted by Gasteiger charge is -2.54. The minimum Gasteiger partial charge on any atom is -0.374 e. The van der Waals surface area contributed by atoms with Crippen molar-refractivity contribution in [1.82, 2.24) is 15.5 Å². The van der Waals surface area contributed by atoms with Crippen LogP contribution in [0.25, 0.3) is 0 Å². The SMILES string of the molecule is CC(C)C[C@H](Nc1cccc(Cl)c1)C(=O)N1[C@H]2CC[C@@H]([C@@H]1C(=O)N[C@@H](C#N)C[C@@H]1CCNC1=O)C(F)(F)C2. The number of carbonyl (C=O) groups is 3. The van der Waals surface area contributed by atoms with Crippen LogP contribution in [0.4, 0.5) is 14.5 Å². The Hall–Kier alpha value is -2.93. The smallest absolute Gasteiger partial charge is 0.255 e. The van der Waals surface area contributed by atoms with Crippen molar-refractivity contribution in [3.8, 4) is 6.07 Å². The van der Waals surface area contributed by atoms with E-state index < -0.39 is 60.2 Å². The summed E-state index contributed by atoms with van der Waals surface area (Å²) >= 11 is 6.12. The van der Waals surface area contributed by atoms with Crippen molar-refractivity contribution >= 4 is 35.0 Å². The lowest BCUT2D eigenvalue weighted by atomic mass is 9.71. The summed E-state index contributed by atoms with van der Waals surface area (Å²) in [6, 6.07) is 4.89. The van der Waals surface area contributed by atoms with E-state index in [4.69, 9.17) is 11.6 Å². The molecule has 0 unspecified atom stereocenters. The minimum atomic E-state index is -3.11. The summed E-state index contributed by atoms with van der Waals surface area (Å²) in [7, 11) is 0. The van der Waals surface area contributed by atoms with Gasteiger partial charge in [-0.3, -0.25) is 14.4 Å². The molecule has 3 aliphatic heterocycles. The van der Waals surface area contributed by atoms with Crippen LogP contribution in [0.3, 0.4) is 0 Å². The molecule has 1 aromatic rings. The lowest BCUT2D eigenvalue weighted by molar-refractivity contribution is -0.194. The number of halogens is 3. The number of benzene rings is 1. The van der Waals surface area contributed by atoms with Crippen LogP contribution in [0.15, 0.2) is 24.3 Å². The molecular formula is C27H34ClF2N5O3. The fourth-order valence-electron chi connectivity index (χ4n) is 6.03. The van der Waals surface area contributed by atoms with Gasteiger partial charge in [0, 0.05) is 35.6 Å². The Morgan fingerprint density at radius 2 is 2.05 bits per heavy atom. The molecule has 3 N–H and O–H groups in total. The molecule has 8 nitrogen and oxygen atoms in total. The number of alkyl halides is 2. The Morgan fingerprint density at radius 1 is 1.29 bits per heavy atom. The summed E-state index contributed by atoms with van der Waals surface area (Å²) in [4.78, 5) is 40.9. The first-order chi connectivity index (χ1) is 18.0. The Balaban J connectivity index is 1.59. The maximum absolute atomic E-state index is 15.1. The standard InChI is InChI=1S/C27H34ClF2N5O3/c1-15(2)10-22(33-18-5-3-4-17(28)12-18)26(38)35-20-6-7-21(27(29,30)13-20)23(35)25(37)34-19(14-31)11-16-8-9-32-24(16)36/h3-5,12,15-16,19-23,33H,6-11,13H2,1-2H3,(H,32,36)(H,34,37)/t16-,19+,20-,21-,22-,23+/m0/s1. The first-order valence-electron chi connectivity index (χ1n) is 13.2. The summed E-state index contributed by atoms with van der Waals surface area (Å²) < 4.78 is 30.2. The first-order valence-corrected chi connectivity index (χ1v) is 13.6. The predicted octanol–water partition coefficient (Wildman–Crippen LogP) is 3.72. The predicted molar refractivity (Wildman–Crippen MR) is 138 cm³/mol. The van der Waals surface area contributed by atoms with E-state index >= 15 is 8.78 Å². The zero-order chi connectivity index (χ0) is 27.6. The third-order valence-electron chi connectivity index (χ3n) is 7.78. The van der Waals surface area contributed by atoms with E-state index in [1.807, 2.05) is 19.9 Å². The van der Waals surface area contributed by atoms with Crippen LogP contribution >= 0.6 is 11.6 Å². The third-order valence-corrected chi connectivity index (χ3v) is 8.02. The van der Waals surface area contributed by atoms with Gasteiger partial charge < -0.3 is 20.9 Å². The van der Waals surface area contributed by atoms with Crippen LogP contribution in [0.2, 0.25) is 5.02 Å². The number of nitrogens with zero attached hydrogens (tertiary/aromatic N) is 2. The monoisotopic (exact) mass is 549 g/mol. The summed E-state index contributed by atoms with van der Waals surface area (Å²) in [5, 5.41) is 18.6. The van der Waals surface area contributed by atoms with Crippen LogP contribution < -0.4 is 16.0 Å². The van der Waals surface area contributed by atoms with Crippen molar-refractivity contribution in [2.24, 2.45) is 17.8 Å². The number of carbonyl (C=O) groups excluding carboxylic acids is 3. The van der Waals surface area contributed by atoms with Crippen molar-refractivity contribution in [2.75, 3.05) is 11.9 Å². The van der Waals surface area contributed by atoms with Gasteiger partial charge in [-0.05, 0) is 56.2 Å². The molecule has 11 heteroatoms. The molecule has 3 amide bonds. The molecule has 3 saturated heterocycles. The van der Waals surface area contributed by atoms with Crippen molar-refractivity contribution in [3.05, 3.63) is 29.3 Å². The molecule has 38 heavy (non-hydrogen) atoms. The van der Waals surface area contributed by atoms with Gasteiger partial charge >= 0.3 is 0 Å². The van der Waals surface area contributed by atoms with Gasteiger partial charge in [0.25, 0.3) is 5.92 Å². The molecule has 0 spiro atoms. The second-order valence-corrected chi connectivity index (χ2v) is 11.5. The summed E-state index contributed by atoms with van der Waals surface area (Å²) in [6.45, 7) is 4.40. The number of hydrogen-bond donors (Lipinski definition) is 3. The van der Waals surface area contributed by atoms with E-state index in [0.29, 0.717) is 36.5 Å². The normalized spacial score (nSPS) is 27.4. The average molecular weight is 550 g/mol. The van der Waals surface area contributed by atoms with Crippen LogP contribution in [0.1, 0.15) is 52.4 Å². The second-order valence-electron chi connectivity index (χ2n) is 11.0. The van der Waals surface area contributed by atoms with E-state index in [9.17, 15) is 19.6 Å². The minimum absolute atomic E-state index is 0.0888. The van der Waals surface area contributed by atoms with Crippen LogP contribution in [0.5, 0.6) is 0 Å². The van der Waals surface area contributed by atoms with Gasteiger partial charge in [-0.1, -0.05) is 31.5 Å². The van der Waals surface area contributed by atoms with E-state index in [1.165, 1.54) is 4.90 Å². The molecule has 1 aliphatic carbocycles. The second kappa shape index (κ2) is 11.4. The van der Waals surface area contributed by atoms with E-state index in [0.717, 1.165) is 0 Å². The van der Waals surface area contributed by atoms with Crippen LogP contribution in [-0.2, 0) is 14.4 Å². The van der Waals surface area contributed by atoms with Crippen molar-refractivity contribution in [2.45, 2.75) is 82.5 Å².